The highest BCUT2D eigenvalue weighted by Crippen LogP contribution is 2.25. The zero-order chi connectivity index (χ0) is 21.9. The van der Waals surface area contributed by atoms with E-state index in [2.05, 4.69) is 39.5 Å². The molecule has 1 N–H and O–H groups in total. The number of benzene rings is 3. The van der Waals surface area contributed by atoms with E-state index in [1.54, 1.807) is 0 Å². The molecule has 6 heteroatoms. The van der Waals surface area contributed by atoms with Crippen molar-refractivity contribution in [2.24, 2.45) is 20.5 Å². The molecule has 6 nitrogen and oxygen atoms in total. The Morgan fingerprint density at radius 2 is 1.10 bits per heavy atom. The van der Waals surface area contributed by atoms with Crippen LogP contribution < -0.4 is 4.90 Å². The highest BCUT2D eigenvalue weighted by atomic mass is 16.3. The number of likely N-dealkylation sites (N-methyl/N-ethyl adjacent to an activating group) is 1. The fourth-order valence-electron chi connectivity index (χ4n) is 2.98. The zero-order valence-corrected chi connectivity index (χ0v) is 18.1. The summed E-state index contributed by atoms with van der Waals surface area (Å²) in [6.45, 7) is 2.92. The Labute approximate surface area is 184 Å². The minimum absolute atomic E-state index is 0.124. The van der Waals surface area contributed by atoms with Crippen molar-refractivity contribution in [3.05, 3.63) is 78.4 Å². The lowest BCUT2D eigenvalue weighted by atomic mass is 10.1. The maximum atomic E-state index is 9.02. The molecule has 160 valence electrons. The molecule has 0 aliphatic heterocycles. The Balaban J connectivity index is 1.56. The van der Waals surface area contributed by atoms with Crippen LogP contribution in [0.25, 0.3) is 0 Å². The molecule has 31 heavy (non-hydrogen) atoms. The quantitative estimate of drug-likeness (QED) is 0.353. The highest BCUT2D eigenvalue weighted by Gasteiger charge is 2.00. The van der Waals surface area contributed by atoms with Gasteiger partial charge in [-0.2, -0.15) is 20.5 Å². The van der Waals surface area contributed by atoms with Gasteiger partial charge in [0, 0.05) is 19.3 Å². The standard InChI is InChI=1S/C25H29N5O/c1-3-4-5-20-6-8-21(9-7-20)26-27-22-10-12-23(13-11-22)28-29-24-14-16-25(17-15-24)30(2)18-19-31/h6-17,31H,3-5,18-19H2,1-2H3. The topological polar surface area (TPSA) is 72.9 Å². The van der Waals surface area contributed by atoms with Crippen molar-refractivity contribution < 1.29 is 5.11 Å². The molecule has 0 aliphatic rings. The number of rotatable bonds is 10. The van der Waals surface area contributed by atoms with Gasteiger partial charge in [-0.1, -0.05) is 25.5 Å². The lowest BCUT2D eigenvalue weighted by Gasteiger charge is -2.17. The fraction of sp³-hybridized carbons (Fsp3) is 0.280. The van der Waals surface area contributed by atoms with E-state index in [1.807, 2.05) is 72.6 Å². The predicted octanol–water partition coefficient (Wildman–Crippen LogP) is 7.29. The SMILES string of the molecule is CCCCc1ccc(N=Nc2ccc(N=Nc3ccc(N(C)CCO)cc3)cc2)cc1. The molecule has 0 heterocycles. The Hall–Kier alpha value is -3.38. The Morgan fingerprint density at radius 1 is 0.677 bits per heavy atom. The average Bonchev–Trinajstić information content (AvgIpc) is 2.82. The molecular formula is C25H29N5O. The minimum Gasteiger partial charge on any atom is -0.395 e. The monoisotopic (exact) mass is 415 g/mol. The third-order valence-corrected chi connectivity index (χ3v) is 4.89. The molecule has 0 aromatic heterocycles. The summed E-state index contributed by atoms with van der Waals surface area (Å²) in [5, 5.41) is 26.2. The van der Waals surface area contributed by atoms with Crippen LogP contribution in [0.15, 0.2) is 93.3 Å². The number of aliphatic hydroxyl groups excluding tert-OH is 1. The summed E-state index contributed by atoms with van der Waals surface area (Å²) in [4.78, 5) is 1.98. The zero-order valence-electron chi connectivity index (χ0n) is 18.1. The third kappa shape index (κ3) is 7.12. The number of unbranched alkanes of at least 4 members (excludes halogenated alkanes) is 1. The molecule has 3 aromatic rings. The van der Waals surface area contributed by atoms with Crippen LogP contribution >= 0.6 is 0 Å². The molecule has 3 aromatic carbocycles. The molecular weight excluding hydrogens is 386 g/mol. The van der Waals surface area contributed by atoms with Crippen molar-refractivity contribution in [3.63, 3.8) is 0 Å². The maximum absolute atomic E-state index is 9.02. The van der Waals surface area contributed by atoms with Crippen molar-refractivity contribution in [1.29, 1.82) is 0 Å². The summed E-state index contributed by atoms with van der Waals surface area (Å²) in [5.74, 6) is 0. The highest BCUT2D eigenvalue weighted by molar-refractivity contribution is 5.53. The van der Waals surface area contributed by atoms with E-state index in [1.165, 1.54) is 18.4 Å². The van der Waals surface area contributed by atoms with Crippen molar-refractivity contribution in [1.82, 2.24) is 0 Å². The fourth-order valence-corrected chi connectivity index (χ4v) is 2.98. The van der Waals surface area contributed by atoms with Gasteiger partial charge < -0.3 is 10.0 Å². The van der Waals surface area contributed by atoms with E-state index in [0.717, 1.165) is 34.9 Å². The molecule has 0 radical (unpaired) electrons. The van der Waals surface area contributed by atoms with Gasteiger partial charge in [-0.05, 0) is 79.1 Å². The van der Waals surface area contributed by atoms with Gasteiger partial charge in [0.05, 0.1) is 29.4 Å². The molecule has 0 spiro atoms. The normalized spacial score (nSPS) is 11.5. The molecule has 0 saturated heterocycles. The smallest absolute Gasteiger partial charge is 0.0858 e. The Kier molecular flexibility index (Phi) is 8.43. The molecule has 0 fully saturated rings. The van der Waals surface area contributed by atoms with E-state index < -0.39 is 0 Å². The average molecular weight is 416 g/mol. The lowest BCUT2D eigenvalue weighted by Crippen LogP contribution is -2.20. The molecule has 3 rings (SSSR count). The van der Waals surface area contributed by atoms with Gasteiger partial charge in [0.15, 0.2) is 0 Å². The van der Waals surface area contributed by atoms with E-state index >= 15 is 0 Å². The van der Waals surface area contributed by atoms with E-state index in [9.17, 15) is 0 Å². The first-order valence-corrected chi connectivity index (χ1v) is 10.6. The first kappa shape index (κ1) is 22.3. The molecule has 0 aliphatic carbocycles. The van der Waals surface area contributed by atoms with Crippen molar-refractivity contribution >= 4 is 28.4 Å². The van der Waals surface area contributed by atoms with Gasteiger partial charge in [0.1, 0.15) is 0 Å². The summed E-state index contributed by atoms with van der Waals surface area (Å²) < 4.78 is 0. The predicted molar refractivity (Wildman–Crippen MR) is 127 cm³/mol. The van der Waals surface area contributed by atoms with Crippen LogP contribution in [0, 0.1) is 0 Å². The maximum Gasteiger partial charge on any atom is 0.0858 e. The van der Waals surface area contributed by atoms with Crippen molar-refractivity contribution in [2.45, 2.75) is 26.2 Å². The second-order valence-corrected chi connectivity index (χ2v) is 7.35. The second kappa shape index (κ2) is 11.7. The first-order valence-electron chi connectivity index (χ1n) is 10.6. The van der Waals surface area contributed by atoms with Crippen LogP contribution in [-0.4, -0.2) is 25.3 Å². The molecule has 0 amide bonds. The summed E-state index contributed by atoms with van der Waals surface area (Å²) in [6, 6.07) is 23.5. The summed E-state index contributed by atoms with van der Waals surface area (Å²) >= 11 is 0. The van der Waals surface area contributed by atoms with Crippen LogP contribution in [-0.2, 0) is 6.42 Å². The molecule has 0 saturated carbocycles. The number of anilines is 1. The van der Waals surface area contributed by atoms with Crippen molar-refractivity contribution in [2.75, 3.05) is 25.1 Å². The molecule has 0 atom stereocenters. The second-order valence-electron chi connectivity index (χ2n) is 7.35. The number of hydrogen-bond acceptors (Lipinski definition) is 6. The van der Waals surface area contributed by atoms with Gasteiger partial charge in [-0.3, -0.25) is 0 Å². The third-order valence-electron chi connectivity index (χ3n) is 4.89. The van der Waals surface area contributed by atoms with Crippen LogP contribution in [0.1, 0.15) is 25.3 Å². The molecule has 0 unspecified atom stereocenters. The van der Waals surface area contributed by atoms with Crippen LogP contribution in [0.5, 0.6) is 0 Å². The van der Waals surface area contributed by atoms with Crippen LogP contribution in [0.2, 0.25) is 0 Å². The largest absolute Gasteiger partial charge is 0.395 e. The van der Waals surface area contributed by atoms with Crippen molar-refractivity contribution in [3.8, 4) is 0 Å². The first-order chi connectivity index (χ1) is 15.2. The lowest BCUT2D eigenvalue weighted by molar-refractivity contribution is 0.304. The number of hydrogen-bond donors (Lipinski definition) is 1. The number of aryl methyl sites for hydroxylation is 1. The van der Waals surface area contributed by atoms with E-state index in [4.69, 9.17) is 5.11 Å². The minimum atomic E-state index is 0.124. The Bertz CT molecular complexity index is 980. The van der Waals surface area contributed by atoms with E-state index in [-0.39, 0.29) is 6.61 Å². The summed E-state index contributed by atoms with van der Waals surface area (Å²) in [7, 11) is 1.94. The van der Waals surface area contributed by atoms with Gasteiger partial charge >= 0.3 is 0 Å². The van der Waals surface area contributed by atoms with Gasteiger partial charge in [-0.15, -0.1) is 0 Å². The molecule has 0 bridgehead atoms. The van der Waals surface area contributed by atoms with Gasteiger partial charge in [-0.25, -0.2) is 0 Å². The number of azo groups is 2. The summed E-state index contributed by atoms with van der Waals surface area (Å²) in [6.07, 6.45) is 3.51. The van der Waals surface area contributed by atoms with E-state index in [0.29, 0.717) is 6.54 Å². The Morgan fingerprint density at radius 3 is 1.52 bits per heavy atom. The number of aliphatic hydroxyl groups is 1. The van der Waals surface area contributed by atoms with Crippen LogP contribution in [0.4, 0.5) is 28.4 Å². The number of nitrogens with zero attached hydrogens (tertiary/aromatic N) is 5. The summed E-state index contributed by atoms with van der Waals surface area (Å²) in [5.41, 5.74) is 5.50. The van der Waals surface area contributed by atoms with Gasteiger partial charge in [0.2, 0.25) is 0 Å². The van der Waals surface area contributed by atoms with Gasteiger partial charge in [0.25, 0.3) is 0 Å². The van der Waals surface area contributed by atoms with Crippen LogP contribution in [0.3, 0.4) is 0 Å².